The van der Waals surface area contributed by atoms with E-state index in [1.807, 2.05) is 47.4 Å². The van der Waals surface area contributed by atoms with Crippen molar-refractivity contribution in [3.8, 4) is 5.75 Å². The van der Waals surface area contributed by atoms with E-state index in [0.717, 1.165) is 5.56 Å². The maximum Gasteiger partial charge on any atom is 0.292 e. The first-order valence-corrected chi connectivity index (χ1v) is 12.4. The predicted octanol–water partition coefficient (Wildman–Crippen LogP) is 3.09. The molecule has 0 bridgehead atoms. The highest BCUT2D eigenvalue weighted by atomic mass is 16.6. The number of amides is 2. The molecule has 2 aromatic carbocycles. The van der Waals surface area contributed by atoms with Crippen LogP contribution < -0.4 is 10.1 Å². The van der Waals surface area contributed by atoms with Crippen LogP contribution in [0.2, 0.25) is 0 Å². The summed E-state index contributed by atoms with van der Waals surface area (Å²) in [7, 11) is 1.69. The van der Waals surface area contributed by atoms with Gasteiger partial charge in [0.05, 0.1) is 12.1 Å². The van der Waals surface area contributed by atoms with E-state index in [0.29, 0.717) is 56.4 Å². The molecule has 8 heteroatoms. The number of hydrogen-bond acceptors (Lipinski definition) is 6. The molecule has 0 radical (unpaired) electrons. The molecule has 2 amide bonds. The molecule has 2 heterocycles. The Kier molecular flexibility index (Phi) is 6.87. The molecule has 3 aliphatic rings. The first-order chi connectivity index (χ1) is 17.5. The number of likely N-dealkylation sites (tertiary alicyclic amines) is 1. The lowest BCUT2D eigenvalue weighted by atomic mass is 9.72. The number of nitrogens with one attached hydrogen (secondary N) is 1. The van der Waals surface area contributed by atoms with Gasteiger partial charge in [-0.1, -0.05) is 42.5 Å². The number of para-hydroxylation sites is 1. The third-order valence-corrected chi connectivity index (χ3v) is 7.47. The summed E-state index contributed by atoms with van der Waals surface area (Å²) in [6.07, 6.45) is 1.17. The second-order valence-electron chi connectivity index (χ2n) is 9.42. The van der Waals surface area contributed by atoms with E-state index in [-0.39, 0.29) is 36.0 Å². The summed E-state index contributed by atoms with van der Waals surface area (Å²) in [5, 5.41) is 3.16. The maximum absolute atomic E-state index is 13.1. The van der Waals surface area contributed by atoms with E-state index >= 15 is 0 Å². The summed E-state index contributed by atoms with van der Waals surface area (Å²) in [4.78, 5) is 27.8. The van der Waals surface area contributed by atoms with Crippen LogP contribution in [0.5, 0.6) is 5.75 Å². The smallest absolute Gasteiger partial charge is 0.292 e. The van der Waals surface area contributed by atoms with Gasteiger partial charge in [0.1, 0.15) is 24.7 Å². The monoisotopic (exact) mass is 492 g/mol. The molecule has 2 atom stereocenters. The van der Waals surface area contributed by atoms with Gasteiger partial charge in [-0.2, -0.15) is 0 Å². The van der Waals surface area contributed by atoms with E-state index < -0.39 is 0 Å². The molecule has 2 aromatic rings. The summed E-state index contributed by atoms with van der Waals surface area (Å²) < 4.78 is 22.9. The lowest BCUT2D eigenvalue weighted by Crippen LogP contribution is -2.52. The number of ether oxygens (including phenoxy) is 4. The average Bonchev–Trinajstić information content (AvgIpc) is 3.16. The van der Waals surface area contributed by atoms with E-state index in [1.165, 1.54) is 5.56 Å². The Labute approximate surface area is 211 Å². The quantitative estimate of drug-likeness (QED) is 0.667. The number of carbonyl (C=O) groups is 2. The Morgan fingerprint density at radius 1 is 1.03 bits per heavy atom. The van der Waals surface area contributed by atoms with E-state index in [4.69, 9.17) is 18.9 Å². The topological polar surface area (TPSA) is 86.3 Å². The molecule has 1 N–H and O–H groups in total. The van der Waals surface area contributed by atoms with Gasteiger partial charge in [0, 0.05) is 25.6 Å². The lowest BCUT2D eigenvalue weighted by Gasteiger charge is -2.44. The third-order valence-electron chi connectivity index (χ3n) is 7.47. The van der Waals surface area contributed by atoms with Crippen molar-refractivity contribution in [3.63, 3.8) is 0 Å². The summed E-state index contributed by atoms with van der Waals surface area (Å²) in [5.41, 5.74) is 1.92. The van der Waals surface area contributed by atoms with Gasteiger partial charge in [0.15, 0.2) is 6.61 Å². The van der Waals surface area contributed by atoms with Crippen molar-refractivity contribution in [2.24, 2.45) is 0 Å². The number of hydrogen-bond donors (Lipinski definition) is 1. The summed E-state index contributed by atoms with van der Waals surface area (Å²) in [6, 6.07) is 17.2. The molecule has 0 unspecified atom stereocenters. The highest BCUT2D eigenvalue weighted by Crippen LogP contribution is 2.52. The van der Waals surface area contributed by atoms with E-state index in [1.54, 1.807) is 14.0 Å². The van der Waals surface area contributed by atoms with Gasteiger partial charge in [-0.25, -0.2) is 0 Å². The SMILES string of the molecule is CO[C@H]1[C@H](NC(=O)COc2ccccc2)c2ccccc2C12CCN(C(=O)C1=C(C)OCCO1)CC2. The van der Waals surface area contributed by atoms with Gasteiger partial charge in [0.25, 0.3) is 11.8 Å². The molecule has 2 aliphatic heterocycles. The Balaban J connectivity index is 1.32. The standard InChI is InChI=1S/C28H32N2O6/c1-19-25(35-17-16-34-19)27(32)30-14-12-28(13-15-30)22-11-7-6-10-21(22)24(26(28)33-2)29-23(31)18-36-20-8-4-3-5-9-20/h3-11,24,26H,12-18H2,1-2H3,(H,29,31)/t24-,26+/m1/s1. The number of rotatable bonds is 6. The molecular weight excluding hydrogens is 460 g/mol. The summed E-state index contributed by atoms with van der Waals surface area (Å²) >= 11 is 0. The van der Waals surface area contributed by atoms with Crippen molar-refractivity contribution in [2.75, 3.05) is 40.0 Å². The molecule has 0 saturated carbocycles. The fourth-order valence-corrected chi connectivity index (χ4v) is 5.78. The Morgan fingerprint density at radius 2 is 1.72 bits per heavy atom. The zero-order valence-electron chi connectivity index (χ0n) is 20.7. The van der Waals surface area contributed by atoms with Crippen LogP contribution in [0.25, 0.3) is 0 Å². The molecule has 0 aromatic heterocycles. The van der Waals surface area contributed by atoms with Crippen LogP contribution in [0, 0.1) is 0 Å². The van der Waals surface area contributed by atoms with Gasteiger partial charge in [0.2, 0.25) is 5.76 Å². The highest BCUT2D eigenvalue weighted by Gasteiger charge is 2.54. The minimum Gasteiger partial charge on any atom is -0.491 e. The van der Waals surface area contributed by atoms with Crippen LogP contribution in [0.15, 0.2) is 66.1 Å². The summed E-state index contributed by atoms with van der Waals surface area (Å²) in [6.45, 7) is 3.65. The van der Waals surface area contributed by atoms with Crippen molar-refractivity contribution >= 4 is 11.8 Å². The lowest BCUT2D eigenvalue weighted by molar-refractivity contribution is -0.135. The van der Waals surface area contributed by atoms with Crippen LogP contribution in [0.1, 0.15) is 36.9 Å². The minimum absolute atomic E-state index is 0.0784. The van der Waals surface area contributed by atoms with Crippen molar-refractivity contribution in [3.05, 3.63) is 77.2 Å². The molecule has 1 aliphatic carbocycles. The van der Waals surface area contributed by atoms with E-state index in [9.17, 15) is 9.59 Å². The number of benzene rings is 2. The fraction of sp³-hybridized carbons (Fsp3) is 0.429. The van der Waals surface area contributed by atoms with Crippen LogP contribution in [0.4, 0.5) is 0 Å². The molecular formula is C28H32N2O6. The Hall–Kier alpha value is -3.52. The molecule has 1 saturated heterocycles. The van der Waals surface area contributed by atoms with Crippen LogP contribution in [-0.4, -0.2) is 62.8 Å². The molecule has 5 rings (SSSR count). The zero-order valence-corrected chi connectivity index (χ0v) is 20.7. The molecule has 36 heavy (non-hydrogen) atoms. The predicted molar refractivity (Wildman–Crippen MR) is 132 cm³/mol. The van der Waals surface area contributed by atoms with Crippen molar-refractivity contribution in [1.82, 2.24) is 10.2 Å². The molecule has 1 fully saturated rings. The van der Waals surface area contributed by atoms with Gasteiger partial charge < -0.3 is 29.2 Å². The number of nitrogens with zero attached hydrogens (tertiary/aromatic N) is 1. The first-order valence-electron chi connectivity index (χ1n) is 12.4. The number of fused-ring (bicyclic) bond motifs is 2. The summed E-state index contributed by atoms with van der Waals surface area (Å²) in [5.74, 6) is 1.14. The van der Waals surface area contributed by atoms with Crippen LogP contribution in [0.3, 0.4) is 0 Å². The van der Waals surface area contributed by atoms with Crippen LogP contribution in [-0.2, 0) is 29.2 Å². The molecule has 1 spiro atoms. The second-order valence-corrected chi connectivity index (χ2v) is 9.42. The number of methoxy groups -OCH3 is 1. The first kappa shape index (κ1) is 24.2. The Bertz CT molecular complexity index is 1140. The van der Waals surface area contributed by atoms with Crippen molar-refractivity contribution in [2.45, 2.75) is 37.3 Å². The average molecular weight is 493 g/mol. The number of carbonyl (C=O) groups excluding carboxylic acids is 2. The normalized spacial score (nSPS) is 22.4. The third kappa shape index (κ3) is 4.41. The van der Waals surface area contributed by atoms with Gasteiger partial charge in [-0.05, 0) is 43.0 Å². The van der Waals surface area contributed by atoms with Crippen molar-refractivity contribution < 1.29 is 28.5 Å². The number of piperidine rings is 1. The van der Waals surface area contributed by atoms with Crippen LogP contribution >= 0.6 is 0 Å². The second kappa shape index (κ2) is 10.2. The largest absolute Gasteiger partial charge is 0.491 e. The Morgan fingerprint density at radius 3 is 2.44 bits per heavy atom. The van der Waals surface area contributed by atoms with Gasteiger partial charge in [-0.3, -0.25) is 9.59 Å². The molecule has 190 valence electrons. The fourth-order valence-electron chi connectivity index (χ4n) is 5.78. The highest BCUT2D eigenvalue weighted by molar-refractivity contribution is 5.92. The van der Waals surface area contributed by atoms with Crippen molar-refractivity contribution in [1.29, 1.82) is 0 Å². The number of allylic oxidation sites excluding steroid dienone is 1. The minimum atomic E-state index is -0.312. The maximum atomic E-state index is 13.1. The zero-order chi connectivity index (χ0) is 25.1. The van der Waals surface area contributed by atoms with Gasteiger partial charge in [-0.15, -0.1) is 0 Å². The molecule has 8 nitrogen and oxygen atoms in total. The van der Waals surface area contributed by atoms with Gasteiger partial charge >= 0.3 is 0 Å². The van der Waals surface area contributed by atoms with E-state index in [2.05, 4.69) is 17.4 Å².